The van der Waals surface area contributed by atoms with Crippen LogP contribution in [0.25, 0.3) is 10.9 Å². The molecule has 0 radical (unpaired) electrons. The number of amides is 1. The minimum atomic E-state index is -0.162. The first-order valence-electron chi connectivity index (χ1n) is 11.1. The summed E-state index contributed by atoms with van der Waals surface area (Å²) >= 11 is 0. The summed E-state index contributed by atoms with van der Waals surface area (Å²) in [5.74, 6) is 1.77. The molecular weight excluding hydrogens is 388 g/mol. The number of ether oxygens (including phenoxy) is 2. The second kappa shape index (κ2) is 10.4. The number of carbonyl (C=O) groups is 1. The fraction of sp³-hybridized carbons (Fsp3) is 0.423. The van der Waals surface area contributed by atoms with E-state index in [0.717, 1.165) is 34.9 Å². The van der Waals surface area contributed by atoms with E-state index < -0.39 is 0 Å². The van der Waals surface area contributed by atoms with Crippen molar-refractivity contribution in [1.29, 1.82) is 0 Å². The highest BCUT2D eigenvalue weighted by Gasteiger charge is 2.26. The van der Waals surface area contributed by atoms with Gasteiger partial charge in [0.2, 0.25) is 5.91 Å². The number of carbonyl (C=O) groups excluding carboxylic acids is 1. The summed E-state index contributed by atoms with van der Waals surface area (Å²) in [6.07, 6.45) is 4.28. The van der Waals surface area contributed by atoms with E-state index in [1.807, 2.05) is 24.4 Å². The van der Waals surface area contributed by atoms with Crippen LogP contribution < -0.4 is 14.8 Å². The number of methoxy groups -OCH3 is 2. The number of aromatic nitrogens is 1. The van der Waals surface area contributed by atoms with Gasteiger partial charge in [-0.15, -0.1) is 0 Å². The molecule has 0 aliphatic carbocycles. The number of rotatable bonds is 10. The molecule has 0 aliphatic rings. The summed E-state index contributed by atoms with van der Waals surface area (Å²) in [5, 5.41) is 4.23. The van der Waals surface area contributed by atoms with Crippen molar-refractivity contribution in [3.8, 4) is 11.5 Å². The first-order chi connectivity index (χ1) is 15.0. The Morgan fingerprint density at radius 2 is 1.84 bits per heavy atom. The van der Waals surface area contributed by atoms with E-state index in [2.05, 4.69) is 49.3 Å². The monoisotopic (exact) mass is 422 g/mol. The summed E-state index contributed by atoms with van der Waals surface area (Å²) in [7, 11) is 3.28. The predicted octanol–water partition coefficient (Wildman–Crippen LogP) is 5.43. The lowest BCUT2D eigenvalue weighted by Gasteiger charge is -2.21. The maximum atomic E-state index is 12.9. The van der Waals surface area contributed by atoms with Crippen LogP contribution in [0.2, 0.25) is 0 Å². The van der Waals surface area contributed by atoms with Crippen molar-refractivity contribution in [2.24, 2.45) is 5.92 Å². The normalized spacial score (nSPS) is 12.2. The zero-order valence-electron chi connectivity index (χ0n) is 19.2. The zero-order chi connectivity index (χ0) is 22.4. The lowest BCUT2D eigenvalue weighted by molar-refractivity contribution is -0.121. The Balaban J connectivity index is 2.05. The molecule has 1 aromatic heterocycles. The molecule has 1 heterocycles. The standard InChI is InChI=1S/C26H34N2O3/c1-6-18-9-7-10-19-22(16-28-25(18)19)21(15-24(29)27-14-13-17(2)3)20-11-8-12-23(30-4)26(20)31-5/h7-12,16-17,21,28H,6,13-15H2,1-5H3,(H,27,29)/t21-/m0/s1. The van der Waals surface area contributed by atoms with Crippen molar-refractivity contribution in [3.05, 3.63) is 59.3 Å². The van der Waals surface area contributed by atoms with Crippen molar-refractivity contribution in [3.63, 3.8) is 0 Å². The zero-order valence-corrected chi connectivity index (χ0v) is 19.2. The van der Waals surface area contributed by atoms with Gasteiger partial charge in [0.25, 0.3) is 0 Å². The minimum absolute atomic E-state index is 0.0384. The lowest BCUT2D eigenvalue weighted by atomic mass is 9.86. The summed E-state index contributed by atoms with van der Waals surface area (Å²) in [5.41, 5.74) is 4.44. The summed E-state index contributed by atoms with van der Waals surface area (Å²) in [6, 6.07) is 12.2. The molecule has 0 fully saturated rings. The molecule has 31 heavy (non-hydrogen) atoms. The smallest absolute Gasteiger partial charge is 0.220 e. The SMILES string of the molecule is CCc1cccc2c([C@@H](CC(=O)NCCC(C)C)c3cccc(OC)c3OC)c[nH]c12. The maximum Gasteiger partial charge on any atom is 0.220 e. The van der Waals surface area contributed by atoms with Crippen LogP contribution >= 0.6 is 0 Å². The van der Waals surface area contributed by atoms with Gasteiger partial charge in [-0.25, -0.2) is 0 Å². The summed E-state index contributed by atoms with van der Waals surface area (Å²) in [4.78, 5) is 16.4. The van der Waals surface area contributed by atoms with Crippen LogP contribution in [0.15, 0.2) is 42.6 Å². The Morgan fingerprint density at radius 3 is 2.52 bits per heavy atom. The van der Waals surface area contributed by atoms with E-state index in [-0.39, 0.29) is 11.8 Å². The Hall–Kier alpha value is -2.95. The Morgan fingerprint density at radius 1 is 1.06 bits per heavy atom. The molecule has 3 rings (SSSR count). The average molecular weight is 423 g/mol. The van der Waals surface area contributed by atoms with Crippen LogP contribution in [0.3, 0.4) is 0 Å². The van der Waals surface area contributed by atoms with Gasteiger partial charge in [0, 0.05) is 41.5 Å². The van der Waals surface area contributed by atoms with E-state index in [1.54, 1.807) is 14.2 Å². The van der Waals surface area contributed by atoms with Gasteiger partial charge in [0.1, 0.15) is 0 Å². The van der Waals surface area contributed by atoms with Crippen molar-refractivity contribution in [1.82, 2.24) is 10.3 Å². The van der Waals surface area contributed by atoms with Crippen molar-refractivity contribution in [2.75, 3.05) is 20.8 Å². The van der Waals surface area contributed by atoms with Crippen molar-refractivity contribution in [2.45, 2.75) is 46.0 Å². The Labute approximate surface area is 185 Å². The fourth-order valence-electron chi connectivity index (χ4n) is 4.15. The molecule has 5 nitrogen and oxygen atoms in total. The molecule has 2 N–H and O–H groups in total. The number of benzene rings is 2. The summed E-state index contributed by atoms with van der Waals surface area (Å²) < 4.78 is 11.3. The highest BCUT2D eigenvalue weighted by atomic mass is 16.5. The van der Waals surface area contributed by atoms with Gasteiger partial charge in [-0.3, -0.25) is 4.79 Å². The molecule has 0 unspecified atom stereocenters. The molecule has 3 aromatic rings. The average Bonchev–Trinajstić information content (AvgIpc) is 3.20. The van der Waals surface area contributed by atoms with Crippen LogP contribution in [-0.4, -0.2) is 31.7 Å². The number of nitrogens with one attached hydrogen (secondary N) is 2. The molecule has 0 aliphatic heterocycles. The van der Waals surface area contributed by atoms with Crippen molar-refractivity contribution < 1.29 is 14.3 Å². The highest BCUT2D eigenvalue weighted by molar-refractivity contribution is 5.88. The van der Waals surface area contributed by atoms with Crippen molar-refractivity contribution >= 4 is 16.8 Å². The second-order valence-corrected chi connectivity index (χ2v) is 8.31. The summed E-state index contributed by atoms with van der Waals surface area (Å²) in [6.45, 7) is 7.16. The van der Waals surface area contributed by atoms with Gasteiger partial charge in [-0.1, -0.05) is 51.1 Å². The number of para-hydroxylation sites is 2. The van der Waals surface area contributed by atoms with Crippen LogP contribution in [0.5, 0.6) is 11.5 Å². The molecule has 5 heteroatoms. The predicted molar refractivity (Wildman–Crippen MR) is 126 cm³/mol. The van der Waals surface area contributed by atoms with Crippen LogP contribution in [0.4, 0.5) is 0 Å². The molecule has 0 saturated heterocycles. The number of hydrogen-bond donors (Lipinski definition) is 2. The minimum Gasteiger partial charge on any atom is -0.493 e. The van der Waals surface area contributed by atoms with Gasteiger partial charge < -0.3 is 19.8 Å². The first-order valence-corrected chi connectivity index (χ1v) is 11.1. The third kappa shape index (κ3) is 5.04. The number of aromatic amines is 1. The third-order valence-electron chi connectivity index (χ3n) is 5.83. The molecule has 1 atom stereocenters. The van der Waals surface area contributed by atoms with E-state index in [1.165, 1.54) is 5.56 Å². The number of hydrogen-bond acceptors (Lipinski definition) is 3. The van der Waals surface area contributed by atoms with Crippen LogP contribution in [0.1, 0.15) is 56.2 Å². The van der Waals surface area contributed by atoms with E-state index in [4.69, 9.17) is 9.47 Å². The van der Waals surface area contributed by atoms with Crippen LogP contribution in [0, 0.1) is 5.92 Å². The molecule has 0 spiro atoms. The third-order valence-corrected chi connectivity index (χ3v) is 5.83. The Kier molecular flexibility index (Phi) is 7.61. The Bertz CT molecular complexity index is 1020. The fourth-order valence-corrected chi connectivity index (χ4v) is 4.15. The van der Waals surface area contributed by atoms with Gasteiger partial charge in [-0.2, -0.15) is 0 Å². The van der Waals surface area contributed by atoms with Crippen LogP contribution in [-0.2, 0) is 11.2 Å². The van der Waals surface area contributed by atoms with Gasteiger partial charge in [0.15, 0.2) is 11.5 Å². The molecule has 1 amide bonds. The van der Waals surface area contributed by atoms with Gasteiger partial charge in [-0.05, 0) is 36.0 Å². The van der Waals surface area contributed by atoms with E-state index >= 15 is 0 Å². The van der Waals surface area contributed by atoms with Gasteiger partial charge >= 0.3 is 0 Å². The number of aryl methyl sites for hydroxylation is 1. The molecular formula is C26H34N2O3. The second-order valence-electron chi connectivity index (χ2n) is 8.31. The maximum absolute atomic E-state index is 12.9. The largest absolute Gasteiger partial charge is 0.493 e. The highest BCUT2D eigenvalue weighted by Crippen LogP contribution is 2.42. The first kappa shape index (κ1) is 22.7. The lowest BCUT2D eigenvalue weighted by Crippen LogP contribution is -2.27. The van der Waals surface area contributed by atoms with E-state index in [0.29, 0.717) is 30.4 Å². The molecule has 0 saturated carbocycles. The molecule has 0 bridgehead atoms. The molecule has 166 valence electrons. The number of fused-ring (bicyclic) bond motifs is 1. The molecule has 2 aromatic carbocycles. The quantitative estimate of drug-likeness (QED) is 0.458. The van der Waals surface area contributed by atoms with Gasteiger partial charge in [0.05, 0.1) is 14.2 Å². The topological polar surface area (TPSA) is 63.4 Å². The number of H-pyrrole nitrogens is 1. The van der Waals surface area contributed by atoms with E-state index in [9.17, 15) is 4.79 Å².